The van der Waals surface area contributed by atoms with E-state index in [0.29, 0.717) is 34.1 Å². The van der Waals surface area contributed by atoms with Crippen LogP contribution in [0.15, 0.2) is 158 Å². The van der Waals surface area contributed by atoms with Gasteiger partial charge in [-0.15, -0.1) is 0 Å². The molecule has 28 heteroatoms. The second-order valence-electron chi connectivity index (χ2n) is 28.6. The number of benzene rings is 7. The lowest BCUT2D eigenvalue weighted by Crippen LogP contribution is -2.70. The Balaban J connectivity index is 0.000000528. The summed E-state index contributed by atoms with van der Waals surface area (Å²) in [5, 5.41) is 0. The third kappa shape index (κ3) is 26.7. The van der Waals surface area contributed by atoms with Gasteiger partial charge in [-0.3, -0.25) is 19.2 Å². The molecule has 0 N–H and O–H groups in total. The molecule has 113 heavy (non-hydrogen) atoms. The second-order valence-corrected chi connectivity index (χ2v) is 28.6. The van der Waals surface area contributed by atoms with E-state index in [-0.39, 0.29) is 59.4 Å². The normalized spacial score (nSPS) is 12.5. The van der Waals surface area contributed by atoms with Gasteiger partial charge in [0.1, 0.15) is 28.8 Å². The van der Waals surface area contributed by atoms with Gasteiger partial charge in [0.05, 0.1) is 47.2 Å². The van der Waals surface area contributed by atoms with Crippen LogP contribution in [0.1, 0.15) is 209 Å². The molecule has 0 aromatic heterocycles. The van der Waals surface area contributed by atoms with Gasteiger partial charge in [0.2, 0.25) is 0 Å². The third-order valence-corrected chi connectivity index (χ3v) is 17.4. The maximum Gasteiger partial charge on any atom is 0.460 e. The van der Waals surface area contributed by atoms with Crippen molar-refractivity contribution >= 4 is 47.4 Å². The van der Waals surface area contributed by atoms with Crippen LogP contribution in [-0.4, -0.2) is 102 Å². The summed E-state index contributed by atoms with van der Waals surface area (Å²) in [6.07, 6.45) is -9.11. The summed E-state index contributed by atoms with van der Waals surface area (Å²) in [5.74, 6) is -39.8. The minimum atomic E-state index is -7.93. The van der Waals surface area contributed by atoms with Crippen LogP contribution in [0.2, 0.25) is 0 Å². The fourth-order valence-electron chi connectivity index (χ4n) is 9.69. The van der Waals surface area contributed by atoms with Gasteiger partial charge < -0.3 is 38.0 Å². The van der Waals surface area contributed by atoms with Gasteiger partial charge in [0, 0.05) is 23.3 Å². The highest BCUT2D eigenvalue weighted by Crippen LogP contribution is 2.61. The lowest BCUT2D eigenvalue weighted by Gasteiger charge is -2.39. The Bertz CT molecular complexity index is 4380. The smallest absolute Gasteiger partial charge is 0.460 e. The minimum Gasteiger partial charge on any atom is -0.465 e. The quantitative estimate of drug-likeness (QED) is 0.0172. The molecular formula is C85H95F13O15. The van der Waals surface area contributed by atoms with Crippen LogP contribution in [0.25, 0.3) is 0 Å². The number of hydrogen-bond donors (Lipinski definition) is 0. The largest absolute Gasteiger partial charge is 0.465 e. The van der Waals surface area contributed by atoms with Crippen LogP contribution < -0.4 is 18.9 Å². The molecule has 7 rings (SSSR count). The predicted octanol–water partition coefficient (Wildman–Crippen LogP) is 21.7. The van der Waals surface area contributed by atoms with E-state index in [1.54, 1.807) is 42.5 Å². The van der Waals surface area contributed by atoms with Crippen LogP contribution in [0.5, 0.6) is 23.0 Å². The van der Waals surface area contributed by atoms with Crippen LogP contribution >= 0.6 is 0 Å². The molecule has 0 aliphatic carbocycles. The van der Waals surface area contributed by atoms with Gasteiger partial charge in [0.15, 0.2) is 12.6 Å². The number of Topliss-reactive ketones (excluding diaryl/α,β-unsaturated/α-hetero) is 2. The van der Waals surface area contributed by atoms with Gasteiger partial charge in [-0.25, -0.2) is 14.4 Å². The van der Waals surface area contributed by atoms with E-state index in [9.17, 15) is 95.4 Å². The first-order chi connectivity index (χ1) is 51.9. The number of halogens is 13. The maximum absolute atomic E-state index is 13.4. The maximum atomic E-state index is 13.4. The summed E-state index contributed by atoms with van der Waals surface area (Å²) in [6.45, 7) is 32.3. The Hall–Kier alpha value is -10.3. The fourth-order valence-corrected chi connectivity index (χ4v) is 9.69. The number of esters is 6. The molecule has 0 aliphatic rings. The number of aryl methyl sites for hydroxylation is 4. The molecule has 7 aromatic carbocycles. The standard InChI is InChI=1S/C53H50O9.C13H13F13O2.C10H20O3.C6H6.C3H6O/c1-31-26-41(18-22-45(31)59-36(6)55)52(7,8)42-19-23-46(32(2)27-42)60-49(56)37-14-16-38(17-15-37)50(57)61-47-24-20-43(28-33(47)3)53(9,10)44-21-25-48(34(4)29-44)62-51(58)40-13-11-12-39(30-40)35(5)54;1-3-6(2)7(27)28-5-4-8(14,15)9(16,17)10(18,19)11(20,21)12(22,23)13(24,25)26;1-6-8(2)9(11)12-7-13-10(3,4)5;1-2-4-6-5-3-1;1-3(2)4/h11-30H,1-10H3;6H,3-5H2,1-2H3;8H,6-7H2,1-5H3;1-6H;1-2H3. The van der Waals surface area contributed by atoms with Crippen molar-refractivity contribution in [3.05, 3.63) is 224 Å². The van der Waals surface area contributed by atoms with Crippen molar-refractivity contribution in [2.45, 2.75) is 203 Å². The highest BCUT2D eigenvalue weighted by molar-refractivity contribution is 5.98. The average Bonchev–Trinajstić information content (AvgIpc) is 0.706. The summed E-state index contributed by atoms with van der Waals surface area (Å²) in [7, 11) is 0. The van der Waals surface area contributed by atoms with Gasteiger partial charge in [-0.05, 0) is 187 Å². The summed E-state index contributed by atoms with van der Waals surface area (Å²) < 4.78 is 203. The molecule has 0 heterocycles. The Morgan fingerprint density at radius 1 is 0.372 bits per heavy atom. The van der Waals surface area contributed by atoms with Crippen LogP contribution in [0.4, 0.5) is 57.1 Å². The first kappa shape index (κ1) is 96.9. The van der Waals surface area contributed by atoms with Crippen LogP contribution in [0, 0.1) is 39.5 Å². The van der Waals surface area contributed by atoms with Crippen molar-refractivity contribution in [2.75, 3.05) is 13.4 Å². The summed E-state index contributed by atoms with van der Waals surface area (Å²) in [4.78, 5) is 94.4. The Morgan fingerprint density at radius 3 is 0.982 bits per heavy atom. The minimum absolute atomic E-state index is 0.0384. The topological polar surface area (TPSA) is 201 Å². The molecule has 0 saturated carbocycles. The lowest BCUT2D eigenvalue weighted by atomic mass is 9.77. The number of hydrogen-bond acceptors (Lipinski definition) is 15. The molecule has 7 aromatic rings. The highest BCUT2D eigenvalue weighted by atomic mass is 19.4. The lowest BCUT2D eigenvalue weighted by molar-refractivity contribution is -0.440. The first-order valence-electron chi connectivity index (χ1n) is 35.4. The zero-order valence-electron chi connectivity index (χ0n) is 66.2. The SMILES string of the molecule is CC(=O)Oc1ccc(C(C)(C)c2ccc(OC(=O)c3ccc(C(=O)Oc4ccc(C(C)(C)c5ccc(OC(=O)c6cccc(C(C)=O)c6)c(C)c5)cc4C)cc3)c(C)c2)cc1C.CC(C)=O.CCC(C)C(=O)OCCC(F)(F)C(F)(F)C(F)(F)C(F)(F)C(F)(F)C(F)(F)F.CCC(C)C(=O)OCOC(C)(C)C.c1ccccc1. The van der Waals surface area contributed by atoms with Crippen molar-refractivity contribution in [3.63, 3.8) is 0 Å². The van der Waals surface area contributed by atoms with Gasteiger partial charge >= 0.3 is 71.6 Å². The number of carbonyl (C=O) groups excluding carboxylic acids is 8. The van der Waals surface area contributed by atoms with E-state index in [1.807, 2.05) is 147 Å². The molecule has 0 amide bonds. The average molecular weight is 1600 g/mol. The van der Waals surface area contributed by atoms with Crippen LogP contribution in [-0.2, 0) is 44.2 Å². The molecule has 0 spiro atoms. The molecule has 15 nitrogen and oxygen atoms in total. The molecule has 2 unspecified atom stereocenters. The van der Waals surface area contributed by atoms with Crippen LogP contribution in [0.3, 0.4) is 0 Å². The number of rotatable bonds is 25. The summed E-state index contributed by atoms with van der Waals surface area (Å²) in [5.41, 5.74) is 7.37. The Kier molecular flexibility index (Phi) is 34.7. The summed E-state index contributed by atoms with van der Waals surface area (Å²) in [6, 6.07) is 47.4. The molecule has 0 saturated heterocycles. The van der Waals surface area contributed by atoms with Crippen molar-refractivity contribution in [1.29, 1.82) is 0 Å². The summed E-state index contributed by atoms with van der Waals surface area (Å²) >= 11 is 0. The van der Waals surface area contributed by atoms with E-state index in [0.717, 1.165) is 50.9 Å². The fraction of sp³-hybridized carbons (Fsp3) is 0.412. The zero-order valence-corrected chi connectivity index (χ0v) is 66.2. The highest BCUT2D eigenvalue weighted by Gasteiger charge is 2.90. The van der Waals surface area contributed by atoms with Crippen molar-refractivity contribution in [3.8, 4) is 23.0 Å². The number of alkyl halides is 13. The first-order valence-corrected chi connectivity index (χ1v) is 35.4. The van der Waals surface area contributed by atoms with E-state index in [1.165, 1.54) is 71.9 Å². The van der Waals surface area contributed by atoms with Gasteiger partial charge in [-0.2, -0.15) is 57.1 Å². The third-order valence-electron chi connectivity index (χ3n) is 17.4. The van der Waals surface area contributed by atoms with Gasteiger partial charge in [0.25, 0.3) is 0 Å². The van der Waals surface area contributed by atoms with Gasteiger partial charge in [-0.1, -0.05) is 152 Å². The van der Waals surface area contributed by atoms with E-state index >= 15 is 0 Å². The Labute approximate surface area is 649 Å². The van der Waals surface area contributed by atoms with E-state index in [2.05, 4.69) is 32.4 Å². The van der Waals surface area contributed by atoms with Crippen molar-refractivity contribution < 1.29 is 129 Å². The molecular weight excluding hydrogens is 1510 g/mol. The van der Waals surface area contributed by atoms with E-state index in [4.69, 9.17) is 28.4 Å². The predicted molar refractivity (Wildman–Crippen MR) is 398 cm³/mol. The number of carbonyl (C=O) groups is 8. The van der Waals surface area contributed by atoms with Crippen molar-refractivity contribution in [1.82, 2.24) is 0 Å². The molecule has 0 aliphatic heterocycles. The molecule has 2 atom stereocenters. The number of ether oxygens (including phenoxy) is 7. The zero-order chi connectivity index (χ0) is 86.4. The second kappa shape index (κ2) is 40.5. The molecule has 616 valence electrons. The van der Waals surface area contributed by atoms with E-state index < -0.39 is 89.4 Å². The number of ketones is 2. The molecule has 0 radical (unpaired) electrons. The van der Waals surface area contributed by atoms with Crippen molar-refractivity contribution in [2.24, 2.45) is 11.8 Å². The molecule has 0 bridgehead atoms. The monoisotopic (exact) mass is 1600 g/mol. The molecule has 0 fully saturated rings. The Morgan fingerprint density at radius 2 is 0.681 bits per heavy atom.